The maximum Gasteiger partial charge on any atom is 0.269 e. The summed E-state index contributed by atoms with van der Waals surface area (Å²) in [6.07, 6.45) is 0. The Bertz CT molecular complexity index is 594. The molecule has 20 heavy (non-hydrogen) atoms. The summed E-state index contributed by atoms with van der Waals surface area (Å²) in [5, 5.41) is 0. The molecule has 2 amide bonds. The van der Waals surface area contributed by atoms with Gasteiger partial charge in [0.25, 0.3) is 11.8 Å². The summed E-state index contributed by atoms with van der Waals surface area (Å²) in [5.41, 5.74) is 5.62. The lowest BCUT2D eigenvalue weighted by Crippen LogP contribution is -2.41. The van der Waals surface area contributed by atoms with Crippen LogP contribution in [0.15, 0.2) is 54.6 Å². The summed E-state index contributed by atoms with van der Waals surface area (Å²) in [6, 6.07) is 15.2. The standard InChI is InChI=1S/C15H14N2O3/c1-20-13-9-7-12(8-10-13)15(19)17-16-14(18)11-5-3-2-4-6-11/h2-10H,1H3,(H,16,18)(H,17,19). The van der Waals surface area contributed by atoms with Crippen LogP contribution in [0.1, 0.15) is 20.7 Å². The molecule has 5 heteroatoms. The van der Waals surface area contributed by atoms with E-state index in [1.165, 1.54) is 0 Å². The molecule has 0 atom stereocenters. The molecule has 102 valence electrons. The molecule has 2 rings (SSSR count). The first kappa shape index (κ1) is 13.6. The van der Waals surface area contributed by atoms with Gasteiger partial charge >= 0.3 is 0 Å². The predicted octanol–water partition coefficient (Wildman–Crippen LogP) is 1.77. The maximum absolute atomic E-state index is 11.8. The second-order valence-electron chi connectivity index (χ2n) is 4.00. The number of carbonyl (C=O) groups excluding carboxylic acids is 2. The molecule has 2 N–H and O–H groups in total. The zero-order valence-electron chi connectivity index (χ0n) is 10.9. The van der Waals surface area contributed by atoms with Crippen molar-refractivity contribution in [3.05, 3.63) is 65.7 Å². The third-order valence-corrected chi connectivity index (χ3v) is 2.68. The van der Waals surface area contributed by atoms with Crippen molar-refractivity contribution in [2.75, 3.05) is 7.11 Å². The molecule has 2 aromatic carbocycles. The van der Waals surface area contributed by atoms with Crippen LogP contribution in [0, 0.1) is 0 Å². The summed E-state index contributed by atoms with van der Waals surface area (Å²) in [7, 11) is 1.55. The van der Waals surface area contributed by atoms with E-state index in [1.54, 1.807) is 55.6 Å². The van der Waals surface area contributed by atoms with Crippen LogP contribution in [-0.4, -0.2) is 18.9 Å². The fourth-order valence-corrected chi connectivity index (χ4v) is 1.59. The zero-order chi connectivity index (χ0) is 14.4. The summed E-state index contributed by atoms with van der Waals surface area (Å²) in [6.45, 7) is 0. The molecule has 0 heterocycles. The first-order valence-electron chi connectivity index (χ1n) is 6.00. The highest BCUT2D eigenvalue weighted by atomic mass is 16.5. The average Bonchev–Trinajstić information content (AvgIpc) is 2.53. The molecule has 0 unspecified atom stereocenters. The van der Waals surface area contributed by atoms with Crippen LogP contribution in [0.2, 0.25) is 0 Å². The van der Waals surface area contributed by atoms with E-state index in [2.05, 4.69) is 10.9 Å². The Morgan fingerprint density at radius 3 is 1.80 bits per heavy atom. The quantitative estimate of drug-likeness (QED) is 0.835. The highest BCUT2D eigenvalue weighted by Gasteiger charge is 2.08. The molecule has 0 fully saturated rings. The van der Waals surface area contributed by atoms with E-state index in [4.69, 9.17) is 4.74 Å². The van der Waals surface area contributed by atoms with E-state index in [-0.39, 0.29) is 5.91 Å². The fraction of sp³-hybridized carbons (Fsp3) is 0.0667. The molecule has 0 aliphatic carbocycles. The molecule has 0 aliphatic rings. The number of amides is 2. The van der Waals surface area contributed by atoms with E-state index >= 15 is 0 Å². The van der Waals surface area contributed by atoms with Crippen LogP contribution in [0.5, 0.6) is 5.75 Å². The second kappa shape index (κ2) is 6.38. The van der Waals surface area contributed by atoms with Gasteiger partial charge in [-0.2, -0.15) is 0 Å². The Labute approximate surface area is 116 Å². The van der Waals surface area contributed by atoms with Crippen molar-refractivity contribution in [2.45, 2.75) is 0 Å². The molecule has 0 saturated carbocycles. The summed E-state index contributed by atoms with van der Waals surface area (Å²) >= 11 is 0. The maximum atomic E-state index is 11.8. The van der Waals surface area contributed by atoms with Crippen molar-refractivity contribution in [3.8, 4) is 5.75 Å². The van der Waals surface area contributed by atoms with Gasteiger partial charge in [0, 0.05) is 11.1 Å². The number of carbonyl (C=O) groups is 2. The van der Waals surface area contributed by atoms with Crippen molar-refractivity contribution in [1.82, 2.24) is 10.9 Å². The van der Waals surface area contributed by atoms with Crippen LogP contribution in [0.25, 0.3) is 0 Å². The Morgan fingerprint density at radius 2 is 1.30 bits per heavy atom. The first-order valence-corrected chi connectivity index (χ1v) is 6.00. The van der Waals surface area contributed by atoms with Crippen molar-refractivity contribution in [2.24, 2.45) is 0 Å². The van der Waals surface area contributed by atoms with Crippen molar-refractivity contribution < 1.29 is 14.3 Å². The number of benzene rings is 2. The lowest BCUT2D eigenvalue weighted by Gasteiger charge is -2.07. The van der Waals surface area contributed by atoms with Gasteiger partial charge in [-0.15, -0.1) is 0 Å². The van der Waals surface area contributed by atoms with Gasteiger partial charge in [-0.25, -0.2) is 0 Å². The highest BCUT2D eigenvalue weighted by molar-refractivity contribution is 5.99. The minimum absolute atomic E-state index is 0.368. The third kappa shape index (κ3) is 3.35. The van der Waals surface area contributed by atoms with Gasteiger partial charge in [-0.1, -0.05) is 18.2 Å². The topological polar surface area (TPSA) is 67.4 Å². The van der Waals surface area contributed by atoms with Crippen LogP contribution in [0.3, 0.4) is 0 Å². The van der Waals surface area contributed by atoms with E-state index in [9.17, 15) is 9.59 Å². The van der Waals surface area contributed by atoms with Gasteiger partial charge in [0.05, 0.1) is 7.11 Å². The van der Waals surface area contributed by atoms with Gasteiger partial charge < -0.3 is 4.74 Å². The fourth-order valence-electron chi connectivity index (χ4n) is 1.59. The smallest absolute Gasteiger partial charge is 0.269 e. The van der Waals surface area contributed by atoms with E-state index < -0.39 is 5.91 Å². The number of hydrogen-bond acceptors (Lipinski definition) is 3. The number of ether oxygens (including phenoxy) is 1. The summed E-state index contributed by atoms with van der Waals surface area (Å²) in [5.74, 6) is -0.0979. The molecular weight excluding hydrogens is 256 g/mol. The van der Waals surface area contributed by atoms with Crippen molar-refractivity contribution in [3.63, 3.8) is 0 Å². The lowest BCUT2D eigenvalue weighted by atomic mass is 10.2. The van der Waals surface area contributed by atoms with Crippen molar-refractivity contribution >= 4 is 11.8 Å². The van der Waals surface area contributed by atoms with E-state index in [0.29, 0.717) is 16.9 Å². The van der Waals surface area contributed by atoms with Gasteiger partial charge in [0.2, 0.25) is 0 Å². The summed E-state index contributed by atoms with van der Waals surface area (Å²) < 4.78 is 5.00. The third-order valence-electron chi connectivity index (χ3n) is 2.68. The number of methoxy groups -OCH3 is 1. The van der Waals surface area contributed by atoms with Crippen molar-refractivity contribution in [1.29, 1.82) is 0 Å². The minimum atomic E-state index is -0.392. The molecule has 0 radical (unpaired) electrons. The predicted molar refractivity (Wildman–Crippen MR) is 74.4 cm³/mol. The Hall–Kier alpha value is -2.82. The van der Waals surface area contributed by atoms with Crippen LogP contribution < -0.4 is 15.6 Å². The second-order valence-corrected chi connectivity index (χ2v) is 4.00. The molecule has 2 aromatic rings. The lowest BCUT2D eigenvalue weighted by molar-refractivity contribution is 0.0846. The monoisotopic (exact) mass is 270 g/mol. The van der Waals surface area contributed by atoms with Crippen LogP contribution in [0.4, 0.5) is 0 Å². The molecule has 0 aromatic heterocycles. The Balaban J connectivity index is 1.93. The molecule has 0 aliphatic heterocycles. The molecule has 5 nitrogen and oxygen atoms in total. The van der Waals surface area contributed by atoms with Gasteiger partial charge in [-0.05, 0) is 36.4 Å². The van der Waals surface area contributed by atoms with Gasteiger partial charge in [0.15, 0.2) is 0 Å². The molecule has 0 spiro atoms. The van der Waals surface area contributed by atoms with E-state index in [0.717, 1.165) is 0 Å². The van der Waals surface area contributed by atoms with Gasteiger partial charge in [-0.3, -0.25) is 20.4 Å². The minimum Gasteiger partial charge on any atom is -0.497 e. The van der Waals surface area contributed by atoms with Crippen LogP contribution >= 0.6 is 0 Å². The van der Waals surface area contributed by atoms with Crippen LogP contribution in [-0.2, 0) is 0 Å². The highest BCUT2D eigenvalue weighted by Crippen LogP contribution is 2.10. The number of nitrogens with one attached hydrogen (secondary N) is 2. The number of hydrogen-bond donors (Lipinski definition) is 2. The average molecular weight is 270 g/mol. The Kier molecular flexibility index (Phi) is 4.34. The molecular formula is C15H14N2O3. The molecule has 0 bridgehead atoms. The Morgan fingerprint density at radius 1 is 0.800 bits per heavy atom. The summed E-state index contributed by atoms with van der Waals surface area (Å²) in [4.78, 5) is 23.5. The van der Waals surface area contributed by atoms with Gasteiger partial charge in [0.1, 0.15) is 5.75 Å². The number of hydrazine groups is 1. The largest absolute Gasteiger partial charge is 0.497 e. The molecule has 0 saturated heterocycles. The zero-order valence-corrected chi connectivity index (χ0v) is 10.9. The SMILES string of the molecule is COc1ccc(C(=O)NNC(=O)c2ccccc2)cc1. The number of rotatable bonds is 3. The van der Waals surface area contributed by atoms with E-state index in [1.807, 2.05) is 6.07 Å². The normalized spacial score (nSPS) is 9.65. The first-order chi connectivity index (χ1) is 9.70.